The van der Waals surface area contributed by atoms with Crippen LogP contribution in [-0.4, -0.2) is 54.1 Å². The molecule has 1 N–H and O–H groups in total. The molecule has 0 radical (unpaired) electrons. The van der Waals surface area contributed by atoms with E-state index >= 15 is 0 Å². The Kier molecular flexibility index (Phi) is 5.84. The van der Waals surface area contributed by atoms with Gasteiger partial charge in [0.05, 0.1) is 6.54 Å². The van der Waals surface area contributed by atoms with Crippen molar-refractivity contribution < 1.29 is 4.79 Å². The summed E-state index contributed by atoms with van der Waals surface area (Å²) in [7, 11) is 0. The van der Waals surface area contributed by atoms with Crippen molar-refractivity contribution in [3.05, 3.63) is 47.3 Å². The highest BCUT2D eigenvalue weighted by molar-refractivity contribution is 5.79. The lowest BCUT2D eigenvalue weighted by molar-refractivity contribution is -0.130. The van der Waals surface area contributed by atoms with E-state index in [2.05, 4.69) is 45.4 Å². The topological polar surface area (TPSA) is 39.9 Å². The Hall–Kier alpha value is -1.90. The van der Waals surface area contributed by atoms with Crippen LogP contribution in [0.2, 0.25) is 0 Å². The first-order chi connectivity index (χ1) is 11.8. The number of rotatable bonds is 5. The number of carbonyl (C=O) groups is 1. The summed E-state index contributed by atoms with van der Waals surface area (Å²) in [6, 6.07) is 11.0. The van der Waals surface area contributed by atoms with Gasteiger partial charge >= 0.3 is 6.17 Å². The lowest BCUT2D eigenvalue weighted by atomic mass is 10.0. The molecule has 128 valence electrons. The molecule has 5 heteroatoms. The van der Waals surface area contributed by atoms with E-state index in [9.17, 15) is 4.79 Å². The second-order valence-electron chi connectivity index (χ2n) is 6.76. The van der Waals surface area contributed by atoms with Crippen LogP contribution in [0.4, 0.5) is 0 Å². The number of likely N-dealkylation sites (tertiary alicyclic amines) is 2. The number of amides is 1. The highest BCUT2D eigenvalue weighted by Crippen LogP contribution is 2.18. The molecule has 2 saturated heterocycles. The van der Waals surface area contributed by atoms with Crippen molar-refractivity contribution in [2.24, 2.45) is 0 Å². The van der Waals surface area contributed by atoms with Crippen molar-refractivity contribution in [3.63, 3.8) is 0 Å². The van der Waals surface area contributed by atoms with Gasteiger partial charge in [0.15, 0.2) is 0 Å². The van der Waals surface area contributed by atoms with Gasteiger partial charge in [-0.05, 0) is 37.9 Å². The van der Waals surface area contributed by atoms with E-state index in [0.717, 1.165) is 51.9 Å². The molecular formula is C19H26N4O. The number of benzene rings is 1. The summed E-state index contributed by atoms with van der Waals surface area (Å²) in [5.74, 6) is 0.0835. The fourth-order valence-electron chi connectivity index (χ4n) is 3.64. The van der Waals surface area contributed by atoms with Crippen molar-refractivity contribution in [1.29, 1.82) is 0 Å². The van der Waals surface area contributed by atoms with Gasteiger partial charge in [-0.1, -0.05) is 30.3 Å². The molecule has 5 nitrogen and oxygen atoms in total. The van der Waals surface area contributed by atoms with Gasteiger partial charge in [0.2, 0.25) is 5.91 Å². The van der Waals surface area contributed by atoms with E-state index in [1.807, 2.05) is 0 Å². The number of nitrogens with one attached hydrogen (secondary N) is 1. The molecule has 24 heavy (non-hydrogen) atoms. The fourth-order valence-corrected chi connectivity index (χ4v) is 3.64. The van der Waals surface area contributed by atoms with Gasteiger partial charge in [-0.3, -0.25) is 19.4 Å². The SMILES string of the molecule is [C-]#[N+][C@@H]1CCCN1C(=O)CNC1CCN(Cc2ccccc2)CC1. The van der Waals surface area contributed by atoms with Crippen LogP contribution in [0.1, 0.15) is 31.2 Å². The minimum absolute atomic E-state index is 0.0835. The monoisotopic (exact) mass is 326 g/mol. The number of hydrogen-bond donors (Lipinski definition) is 1. The van der Waals surface area contributed by atoms with E-state index in [1.165, 1.54) is 5.56 Å². The zero-order valence-electron chi connectivity index (χ0n) is 14.2. The predicted octanol–water partition coefficient (Wildman–Crippen LogP) is 2.11. The Bertz CT molecular complexity index is 575. The highest BCUT2D eigenvalue weighted by atomic mass is 16.2. The standard InChI is InChI=1S/C19H26N4O/c1-20-18-8-5-11-23(18)19(24)14-21-17-9-12-22(13-10-17)15-16-6-3-2-4-7-16/h2-4,6-7,17-18,21H,5,8-15H2/t18-/m0/s1. The maximum Gasteiger partial charge on any atom is 0.300 e. The Morgan fingerprint density at radius 1 is 1.17 bits per heavy atom. The fraction of sp³-hybridized carbons (Fsp3) is 0.579. The Morgan fingerprint density at radius 2 is 1.92 bits per heavy atom. The van der Waals surface area contributed by atoms with Crippen LogP contribution in [0.3, 0.4) is 0 Å². The van der Waals surface area contributed by atoms with Gasteiger partial charge in [-0.2, -0.15) is 0 Å². The first-order valence-corrected chi connectivity index (χ1v) is 8.92. The quantitative estimate of drug-likeness (QED) is 0.843. The third-order valence-electron chi connectivity index (χ3n) is 5.07. The molecule has 0 saturated carbocycles. The largest absolute Gasteiger partial charge is 0.306 e. The first kappa shape index (κ1) is 16.9. The molecule has 0 bridgehead atoms. The Balaban J connectivity index is 1.38. The molecule has 2 aliphatic rings. The van der Waals surface area contributed by atoms with E-state index in [0.29, 0.717) is 12.6 Å². The number of hydrogen-bond acceptors (Lipinski definition) is 3. The van der Waals surface area contributed by atoms with E-state index < -0.39 is 0 Å². The van der Waals surface area contributed by atoms with Gasteiger partial charge in [-0.15, -0.1) is 0 Å². The van der Waals surface area contributed by atoms with Crippen LogP contribution in [0.15, 0.2) is 30.3 Å². The second kappa shape index (κ2) is 8.27. The molecule has 0 aliphatic carbocycles. The number of carbonyl (C=O) groups excluding carboxylic acids is 1. The van der Waals surface area contributed by atoms with Crippen molar-refractivity contribution in [2.75, 3.05) is 26.2 Å². The molecule has 0 spiro atoms. The van der Waals surface area contributed by atoms with Gasteiger partial charge in [0.25, 0.3) is 0 Å². The molecule has 1 amide bonds. The smallest absolute Gasteiger partial charge is 0.300 e. The van der Waals surface area contributed by atoms with Crippen molar-refractivity contribution >= 4 is 5.91 Å². The minimum atomic E-state index is -0.230. The van der Waals surface area contributed by atoms with E-state index in [1.54, 1.807) is 4.90 Å². The average Bonchev–Trinajstić information content (AvgIpc) is 3.10. The van der Waals surface area contributed by atoms with Gasteiger partial charge in [0.1, 0.15) is 0 Å². The summed E-state index contributed by atoms with van der Waals surface area (Å²) in [4.78, 5) is 20.0. The molecule has 2 heterocycles. The lowest BCUT2D eigenvalue weighted by Gasteiger charge is -2.32. The molecule has 0 aromatic heterocycles. The first-order valence-electron chi connectivity index (χ1n) is 8.92. The molecular weight excluding hydrogens is 300 g/mol. The average molecular weight is 326 g/mol. The molecule has 1 aromatic rings. The molecule has 2 fully saturated rings. The zero-order chi connectivity index (χ0) is 16.8. The van der Waals surface area contributed by atoms with E-state index in [4.69, 9.17) is 6.57 Å². The summed E-state index contributed by atoms with van der Waals surface area (Å²) in [5.41, 5.74) is 1.36. The number of nitrogens with zero attached hydrogens (tertiary/aromatic N) is 3. The second-order valence-corrected chi connectivity index (χ2v) is 6.76. The highest BCUT2D eigenvalue weighted by Gasteiger charge is 2.32. The van der Waals surface area contributed by atoms with Crippen LogP contribution < -0.4 is 5.32 Å². The molecule has 1 atom stereocenters. The predicted molar refractivity (Wildman–Crippen MR) is 94.1 cm³/mol. The van der Waals surface area contributed by atoms with E-state index in [-0.39, 0.29) is 12.1 Å². The van der Waals surface area contributed by atoms with Crippen LogP contribution in [0.25, 0.3) is 4.85 Å². The molecule has 3 rings (SSSR count). The molecule has 1 aromatic carbocycles. The lowest BCUT2D eigenvalue weighted by Crippen LogP contribution is -2.47. The third-order valence-corrected chi connectivity index (χ3v) is 5.07. The van der Waals surface area contributed by atoms with Crippen LogP contribution in [0, 0.1) is 6.57 Å². The maximum atomic E-state index is 12.3. The Morgan fingerprint density at radius 3 is 2.62 bits per heavy atom. The number of piperidine rings is 1. The van der Waals surface area contributed by atoms with Crippen molar-refractivity contribution in [2.45, 2.75) is 44.4 Å². The van der Waals surface area contributed by atoms with Crippen molar-refractivity contribution in [1.82, 2.24) is 15.1 Å². The Labute approximate surface area is 144 Å². The minimum Gasteiger partial charge on any atom is -0.306 e. The molecule has 0 unspecified atom stereocenters. The van der Waals surface area contributed by atoms with Gasteiger partial charge in [0, 0.05) is 25.6 Å². The third kappa shape index (κ3) is 4.34. The van der Waals surface area contributed by atoms with Gasteiger partial charge < -0.3 is 5.32 Å². The van der Waals surface area contributed by atoms with Gasteiger partial charge in [-0.25, -0.2) is 6.57 Å². The molecule has 2 aliphatic heterocycles. The van der Waals surface area contributed by atoms with Crippen molar-refractivity contribution in [3.8, 4) is 0 Å². The summed E-state index contributed by atoms with van der Waals surface area (Å²) >= 11 is 0. The summed E-state index contributed by atoms with van der Waals surface area (Å²) < 4.78 is 0. The maximum absolute atomic E-state index is 12.3. The van der Waals surface area contributed by atoms with Crippen LogP contribution >= 0.6 is 0 Å². The normalized spacial score (nSPS) is 22.5. The zero-order valence-corrected chi connectivity index (χ0v) is 14.2. The summed E-state index contributed by atoms with van der Waals surface area (Å²) in [5, 5.41) is 3.41. The van der Waals surface area contributed by atoms with Crippen LogP contribution in [-0.2, 0) is 11.3 Å². The van der Waals surface area contributed by atoms with Crippen LogP contribution in [0.5, 0.6) is 0 Å². The summed E-state index contributed by atoms with van der Waals surface area (Å²) in [6.45, 7) is 11.4. The summed E-state index contributed by atoms with van der Waals surface area (Å²) in [6.07, 6.45) is 3.70.